The number of carbonyl (C=O) groups is 1. The first-order valence-electron chi connectivity index (χ1n) is 4.44. The minimum atomic E-state index is -0.0874. The van der Waals surface area contributed by atoms with Crippen LogP contribution in [0.25, 0.3) is 0 Å². The van der Waals surface area contributed by atoms with Crippen LogP contribution in [-0.4, -0.2) is 24.0 Å². The highest BCUT2D eigenvalue weighted by molar-refractivity contribution is 5.93. The van der Waals surface area contributed by atoms with Gasteiger partial charge in [0.2, 0.25) is 0 Å². The van der Waals surface area contributed by atoms with Crippen LogP contribution in [0.1, 0.15) is 23.2 Å². The molecular weight excluding hydrogens is 168 g/mol. The van der Waals surface area contributed by atoms with E-state index in [-0.39, 0.29) is 5.91 Å². The first-order valence-corrected chi connectivity index (χ1v) is 4.44. The van der Waals surface area contributed by atoms with Crippen LogP contribution in [0.5, 0.6) is 0 Å². The molecule has 0 saturated carbocycles. The molecule has 1 saturated heterocycles. The van der Waals surface area contributed by atoms with Gasteiger partial charge in [0.1, 0.15) is 6.26 Å². The molecule has 0 radical (unpaired) electrons. The Labute approximate surface area is 76.5 Å². The van der Waals surface area contributed by atoms with Gasteiger partial charge in [-0.25, -0.2) is 5.01 Å². The van der Waals surface area contributed by atoms with Crippen LogP contribution < -0.4 is 5.43 Å². The summed E-state index contributed by atoms with van der Waals surface area (Å²) in [6.45, 7) is 1.90. The Morgan fingerprint density at radius 3 is 2.85 bits per heavy atom. The molecule has 1 aliphatic rings. The van der Waals surface area contributed by atoms with Crippen LogP contribution >= 0.6 is 0 Å². The number of hydrogen-bond donors (Lipinski definition) is 1. The molecule has 0 aliphatic carbocycles. The summed E-state index contributed by atoms with van der Waals surface area (Å²) < 4.78 is 4.82. The van der Waals surface area contributed by atoms with Crippen LogP contribution in [-0.2, 0) is 0 Å². The van der Waals surface area contributed by atoms with Gasteiger partial charge >= 0.3 is 0 Å². The van der Waals surface area contributed by atoms with Crippen molar-refractivity contribution >= 4 is 5.91 Å². The summed E-state index contributed by atoms with van der Waals surface area (Å²) >= 11 is 0. The van der Waals surface area contributed by atoms with Gasteiger partial charge in [-0.3, -0.25) is 10.2 Å². The highest BCUT2D eigenvalue weighted by Crippen LogP contribution is 2.05. The van der Waals surface area contributed by atoms with E-state index in [0.29, 0.717) is 5.56 Å². The molecule has 0 bridgehead atoms. The van der Waals surface area contributed by atoms with Crippen LogP contribution in [0, 0.1) is 0 Å². The van der Waals surface area contributed by atoms with Crippen molar-refractivity contribution in [2.24, 2.45) is 0 Å². The monoisotopic (exact) mass is 180 g/mol. The van der Waals surface area contributed by atoms with E-state index in [1.54, 1.807) is 6.07 Å². The lowest BCUT2D eigenvalue weighted by atomic mass is 10.3. The average Bonchev–Trinajstić information content (AvgIpc) is 2.74. The largest absolute Gasteiger partial charge is 0.472 e. The van der Waals surface area contributed by atoms with Gasteiger partial charge in [-0.05, 0) is 18.9 Å². The van der Waals surface area contributed by atoms with E-state index in [1.165, 1.54) is 12.5 Å². The van der Waals surface area contributed by atoms with Gasteiger partial charge in [0, 0.05) is 13.1 Å². The quantitative estimate of drug-likeness (QED) is 0.739. The number of hydrazine groups is 1. The Kier molecular flexibility index (Phi) is 2.31. The van der Waals surface area contributed by atoms with Crippen molar-refractivity contribution in [2.75, 3.05) is 13.1 Å². The molecule has 1 fully saturated rings. The van der Waals surface area contributed by atoms with Crippen LogP contribution in [0.15, 0.2) is 23.0 Å². The van der Waals surface area contributed by atoms with Gasteiger partial charge in [-0.15, -0.1) is 0 Å². The SMILES string of the molecule is O=C(NN1CCCC1)c1ccoc1. The summed E-state index contributed by atoms with van der Waals surface area (Å²) in [4.78, 5) is 11.4. The van der Waals surface area contributed by atoms with Crippen LogP contribution in [0.3, 0.4) is 0 Å². The number of furan rings is 1. The zero-order valence-corrected chi connectivity index (χ0v) is 7.32. The number of nitrogens with zero attached hydrogens (tertiary/aromatic N) is 1. The minimum Gasteiger partial charge on any atom is -0.472 e. The molecule has 4 heteroatoms. The zero-order chi connectivity index (χ0) is 9.10. The van der Waals surface area contributed by atoms with Crippen LogP contribution in [0.4, 0.5) is 0 Å². The molecule has 0 atom stereocenters. The Morgan fingerprint density at radius 1 is 1.46 bits per heavy atom. The van der Waals surface area contributed by atoms with E-state index in [9.17, 15) is 4.79 Å². The molecule has 1 N–H and O–H groups in total. The first-order chi connectivity index (χ1) is 6.36. The van der Waals surface area contributed by atoms with Crippen molar-refractivity contribution in [3.05, 3.63) is 24.2 Å². The molecule has 1 aromatic heterocycles. The van der Waals surface area contributed by atoms with Crippen LogP contribution in [0.2, 0.25) is 0 Å². The number of nitrogens with one attached hydrogen (secondary N) is 1. The number of carbonyl (C=O) groups excluding carboxylic acids is 1. The van der Waals surface area contributed by atoms with Crippen molar-refractivity contribution in [3.8, 4) is 0 Å². The van der Waals surface area contributed by atoms with Gasteiger partial charge in [-0.1, -0.05) is 0 Å². The summed E-state index contributed by atoms with van der Waals surface area (Å²) in [5, 5.41) is 1.94. The van der Waals surface area contributed by atoms with E-state index in [1.807, 2.05) is 5.01 Å². The summed E-state index contributed by atoms with van der Waals surface area (Å²) in [7, 11) is 0. The highest BCUT2D eigenvalue weighted by Gasteiger charge is 2.15. The van der Waals surface area contributed by atoms with E-state index < -0.39 is 0 Å². The second kappa shape index (κ2) is 3.62. The fourth-order valence-corrected chi connectivity index (χ4v) is 1.43. The van der Waals surface area contributed by atoms with Crippen molar-refractivity contribution in [1.29, 1.82) is 0 Å². The van der Waals surface area contributed by atoms with Crippen molar-refractivity contribution < 1.29 is 9.21 Å². The number of amides is 1. The minimum absolute atomic E-state index is 0.0874. The lowest BCUT2D eigenvalue weighted by Gasteiger charge is -2.14. The summed E-state index contributed by atoms with van der Waals surface area (Å²) in [6, 6.07) is 1.66. The predicted molar refractivity (Wildman–Crippen MR) is 47.0 cm³/mol. The number of hydrogen-bond acceptors (Lipinski definition) is 3. The topological polar surface area (TPSA) is 45.5 Å². The number of rotatable bonds is 2. The maximum atomic E-state index is 11.4. The third-order valence-corrected chi connectivity index (χ3v) is 2.15. The van der Waals surface area contributed by atoms with E-state index in [4.69, 9.17) is 4.42 Å². The Balaban J connectivity index is 1.91. The lowest BCUT2D eigenvalue weighted by Crippen LogP contribution is -2.39. The molecule has 2 rings (SSSR count). The molecule has 1 aromatic rings. The second-order valence-electron chi connectivity index (χ2n) is 3.15. The third-order valence-electron chi connectivity index (χ3n) is 2.15. The van der Waals surface area contributed by atoms with Crippen molar-refractivity contribution in [3.63, 3.8) is 0 Å². The lowest BCUT2D eigenvalue weighted by molar-refractivity contribution is 0.0825. The molecule has 13 heavy (non-hydrogen) atoms. The van der Waals surface area contributed by atoms with E-state index >= 15 is 0 Å². The average molecular weight is 180 g/mol. The summed E-state index contributed by atoms with van der Waals surface area (Å²) in [6.07, 6.45) is 5.27. The molecule has 2 heterocycles. The smallest absolute Gasteiger partial charge is 0.268 e. The van der Waals surface area contributed by atoms with E-state index in [2.05, 4.69) is 5.43 Å². The molecule has 70 valence electrons. The standard InChI is InChI=1S/C9H12N2O2/c12-9(8-3-6-13-7-8)10-11-4-1-2-5-11/h3,6-7H,1-2,4-5H2,(H,10,12). The van der Waals surface area contributed by atoms with Crippen molar-refractivity contribution in [2.45, 2.75) is 12.8 Å². The van der Waals surface area contributed by atoms with Gasteiger partial charge < -0.3 is 4.42 Å². The summed E-state index contributed by atoms with van der Waals surface area (Å²) in [5.41, 5.74) is 3.39. The van der Waals surface area contributed by atoms with Crippen molar-refractivity contribution in [1.82, 2.24) is 10.4 Å². The predicted octanol–water partition coefficient (Wildman–Crippen LogP) is 1.02. The Bertz CT molecular complexity index is 276. The fraction of sp³-hybridized carbons (Fsp3) is 0.444. The fourth-order valence-electron chi connectivity index (χ4n) is 1.43. The molecular formula is C9H12N2O2. The Hall–Kier alpha value is -1.29. The highest BCUT2D eigenvalue weighted by atomic mass is 16.3. The molecule has 0 spiro atoms. The van der Waals surface area contributed by atoms with Gasteiger partial charge in [0.25, 0.3) is 5.91 Å². The first kappa shape index (κ1) is 8.31. The molecule has 4 nitrogen and oxygen atoms in total. The Morgan fingerprint density at radius 2 is 2.23 bits per heavy atom. The third kappa shape index (κ3) is 1.89. The molecule has 1 amide bonds. The van der Waals surface area contributed by atoms with Gasteiger partial charge in [0.05, 0.1) is 11.8 Å². The molecule has 1 aliphatic heterocycles. The maximum Gasteiger partial charge on any atom is 0.268 e. The second-order valence-corrected chi connectivity index (χ2v) is 3.15. The normalized spacial score (nSPS) is 17.5. The molecule has 0 aromatic carbocycles. The maximum absolute atomic E-state index is 11.4. The summed E-state index contributed by atoms with van der Waals surface area (Å²) in [5.74, 6) is -0.0874. The van der Waals surface area contributed by atoms with Gasteiger partial charge in [-0.2, -0.15) is 0 Å². The molecule has 0 unspecified atom stereocenters. The van der Waals surface area contributed by atoms with Gasteiger partial charge in [0.15, 0.2) is 0 Å². The zero-order valence-electron chi connectivity index (χ0n) is 7.32. The van der Waals surface area contributed by atoms with E-state index in [0.717, 1.165) is 25.9 Å².